The molecule has 0 saturated carbocycles. The zero-order chi connectivity index (χ0) is 20.5. The van der Waals surface area contributed by atoms with E-state index < -0.39 is 18.0 Å². The first-order chi connectivity index (χ1) is 13.9. The molecule has 6 nitrogen and oxygen atoms in total. The molecule has 8 heteroatoms. The lowest BCUT2D eigenvalue weighted by Gasteiger charge is -2.38. The second-order valence-corrected chi connectivity index (χ2v) is 7.77. The van der Waals surface area contributed by atoms with Crippen LogP contribution in [-0.2, 0) is 0 Å². The summed E-state index contributed by atoms with van der Waals surface area (Å²) in [5, 5.41) is 15.2. The highest BCUT2D eigenvalue weighted by molar-refractivity contribution is 9.10. The molecule has 0 spiro atoms. The summed E-state index contributed by atoms with van der Waals surface area (Å²) in [5.41, 5.74) is 4.44. The average molecular weight is 473 g/mol. The highest BCUT2D eigenvalue weighted by Crippen LogP contribution is 2.36. The van der Waals surface area contributed by atoms with Gasteiger partial charge in [-0.2, -0.15) is 0 Å². The molecule has 0 saturated heterocycles. The van der Waals surface area contributed by atoms with Crippen LogP contribution >= 0.6 is 27.5 Å². The molecule has 1 unspecified atom stereocenters. The fourth-order valence-corrected chi connectivity index (χ4v) is 3.59. The van der Waals surface area contributed by atoms with Gasteiger partial charge in [0.2, 0.25) is 0 Å². The van der Waals surface area contributed by atoms with Crippen LogP contribution in [0.4, 0.5) is 5.69 Å². The maximum Gasteiger partial charge on any atom is 0.276 e. The third-order valence-electron chi connectivity index (χ3n) is 4.54. The van der Waals surface area contributed by atoms with Crippen molar-refractivity contribution in [3.8, 4) is 5.75 Å². The van der Waals surface area contributed by atoms with Crippen molar-refractivity contribution in [3.05, 3.63) is 92.9 Å². The highest BCUT2D eigenvalue weighted by Gasteiger charge is 2.35. The van der Waals surface area contributed by atoms with E-state index in [1.807, 2.05) is 6.07 Å². The van der Waals surface area contributed by atoms with Crippen LogP contribution in [-0.4, -0.2) is 21.9 Å². The molecule has 1 aliphatic rings. The maximum absolute atomic E-state index is 13.2. The Labute approximate surface area is 180 Å². The van der Waals surface area contributed by atoms with Gasteiger partial charge in [0.15, 0.2) is 6.17 Å². The fourth-order valence-electron chi connectivity index (χ4n) is 3.10. The SMILES string of the molecule is O=C(NN1C(=O)c2cc(Br)ccc2NC1c1ccccc1O)c1ccc(Cl)cc1. The zero-order valence-electron chi connectivity index (χ0n) is 14.9. The molecule has 1 heterocycles. The number of amides is 2. The van der Waals surface area contributed by atoms with Crippen LogP contribution in [0.25, 0.3) is 0 Å². The number of phenolic OH excluding ortho intramolecular Hbond substituents is 1. The number of para-hydroxylation sites is 1. The number of rotatable bonds is 3. The molecule has 3 N–H and O–H groups in total. The minimum Gasteiger partial charge on any atom is -0.508 e. The number of carbonyl (C=O) groups excluding carboxylic acids is 2. The Morgan fingerprint density at radius 3 is 2.55 bits per heavy atom. The van der Waals surface area contributed by atoms with Gasteiger partial charge in [0.25, 0.3) is 11.8 Å². The van der Waals surface area contributed by atoms with Gasteiger partial charge in [-0.15, -0.1) is 0 Å². The Kier molecular flexibility index (Phi) is 5.17. The summed E-state index contributed by atoms with van der Waals surface area (Å²) < 4.78 is 0.733. The monoisotopic (exact) mass is 471 g/mol. The molecular weight excluding hydrogens is 458 g/mol. The Hall–Kier alpha value is -3.03. The lowest BCUT2D eigenvalue weighted by atomic mass is 10.0. The third kappa shape index (κ3) is 3.79. The molecule has 2 amide bonds. The molecule has 3 aromatic rings. The van der Waals surface area contributed by atoms with E-state index in [4.69, 9.17) is 11.6 Å². The number of hydrazine groups is 1. The number of hydrogen-bond donors (Lipinski definition) is 3. The van der Waals surface area contributed by atoms with Crippen LogP contribution in [0.1, 0.15) is 32.4 Å². The van der Waals surface area contributed by atoms with Crippen molar-refractivity contribution in [2.75, 3.05) is 5.32 Å². The number of benzene rings is 3. The van der Waals surface area contributed by atoms with E-state index in [-0.39, 0.29) is 5.75 Å². The standard InChI is InChI=1S/C21H15BrClN3O3/c22-13-7-10-17-16(11-13)21(29)26(19(24-17)15-3-1-2-4-18(15)27)25-20(28)12-5-8-14(23)9-6-12/h1-11,19,24,27H,(H,25,28). The molecule has 0 aromatic heterocycles. The van der Waals surface area contributed by atoms with Crippen molar-refractivity contribution < 1.29 is 14.7 Å². The molecule has 4 rings (SSSR count). The number of fused-ring (bicyclic) bond motifs is 1. The second-order valence-electron chi connectivity index (χ2n) is 6.42. The van der Waals surface area contributed by atoms with Crippen molar-refractivity contribution >= 4 is 45.0 Å². The molecule has 0 aliphatic carbocycles. The first-order valence-electron chi connectivity index (χ1n) is 8.68. The van der Waals surface area contributed by atoms with Crippen LogP contribution in [0.15, 0.2) is 71.2 Å². The molecule has 29 heavy (non-hydrogen) atoms. The van der Waals surface area contributed by atoms with Gasteiger partial charge in [0, 0.05) is 26.3 Å². The molecule has 3 aromatic carbocycles. The van der Waals surface area contributed by atoms with Crippen molar-refractivity contribution in [1.82, 2.24) is 10.4 Å². The predicted molar refractivity (Wildman–Crippen MR) is 114 cm³/mol. The van der Waals surface area contributed by atoms with Gasteiger partial charge < -0.3 is 10.4 Å². The van der Waals surface area contributed by atoms with E-state index in [2.05, 4.69) is 26.7 Å². The van der Waals surface area contributed by atoms with Crippen LogP contribution < -0.4 is 10.7 Å². The summed E-state index contributed by atoms with van der Waals surface area (Å²) in [6.45, 7) is 0. The Bertz CT molecular complexity index is 1100. The first kappa shape index (κ1) is 19.3. The van der Waals surface area contributed by atoms with Crippen molar-refractivity contribution in [1.29, 1.82) is 0 Å². The average Bonchev–Trinajstić information content (AvgIpc) is 2.71. The molecule has 0 fully saturated rings. The number of anilines is 1. The minimum absolute atomic E-state index is 0.00380. The Morgan fingerprint density at radius 2 is 1.83 bits per heavy atom. The smallest absolute Gasteiger partial charge is 0.276 e. The number of halogens is 2. The zero-order valence-corrected chi connectivity index (χ0v) is 17.2. The summed E-state index contributed by atoms with van der Waals surface area (Å²) >= 11 is 9.25. The summed E-state index contributed by atoms with van der Waals surface area (Å²) in [4.78, 5) is 26.0. The number of nitrogens with one attached hydrogen (secondary N) is 2. The molecule has 0 bridgehead atoms. The molecule has 1 aliphatic heterocycles. The summed E-state index contributed by atoms with van der Waals surface area (Å²) in [5.74, 6) is -0.879. The second kappa shape index (κ2) is 7.77. The summed E-state index contributed by atoms with van der Waals surface area (Å²) in [6.07, 6.45) is -0.798. The topological polar surface area (TPSA) is 81.7 Å². The van der Waals surface area contributed by atoms with Gasteiger partial charge in [-0.05, 0) is 48.5 Å². The number of aromatic hydroxyl groups is 1. The highest BCUT2D eigenvalue weighted by atomic mass is 79.9. The van der Waals surface area contributed by atoms with Gasteiger partial charge >= 0.3 is 0 Å². The van der Waals surface area contributed by atoms with Gasteiger partial charge in [-0.25, -0.2) is 5.01 Å². The van der Waals surface area contributed by atoms with Crippen molar-refractivity contribution in [3.63, 3.8) is 0 Å². The fraction of sp³-hybridized carbons (Fsp3) is 0.0476. The van der Waals surface area contributed by atoms with E-state index in [0.717, 1.165) is 4.47 Å². The Balaban J connectivity index is 1.74. The summed E-state index contributed by atoms with van der Waals surface area (Å²) in [7, 11) is 0. The molecular formula is C21H15BrClN3O3. The van der Waals surface area contributed by atoms with Gasteiger partial charge in [-0.3, -0.25) is 15.0 Å². The van der Waals surface area contributed by atoms with E-state index >= 15 is 0 Å². The van der Waals surface area contributed by atoms with Crippen molar-refractivity contribution in [2.24, 2.45) is 0 Å². The van der Waals surface area contributed by atoms with Crippen LogP contribution in [0.2, 0.25) is 5.02 Å². The van der Waals surface area contributed by atoms with E-state index in [1.165, 1.54) is 11.1 Å². The predicted octanol–water partition coefficient (Wildman–Crippen LogP) is 4.72. The van der Waals surface area contributed by atoms with Crippen LogP contribution in [0.3, 0.4) is 0 Å². The number of phenols is 1. The maximum atomic E-state index is 13.2. The van der Waals surface area contributed by atoms with Crippen molar-refractivity contribution in [2.45, 2.75) is 6.17 Å². The minimum atomic E-state index is -0.798. The number of nitrogens with zero attached hydrogens (tertiary/aromatic N) is 1. The van der Waals surface area contributed by atoms with E-state index in [1.54, 1.807) is 54.6 Å². The quantitative estimate of drug-likeness (QED) is 0.515. The lowest BCUT2D eigenvalue weighted by molar-refractivity contribution is 0.0488. The third-order valence-corrected chi connectivity index (χ3v) is 5.29. The Morgan fingerprint density at radius 1 is 1.10 bits per heavy atom. The van der Waals surface area contributed by atoms with Crippen LogP contribution in [0.5, 0.6) is 5.75 Å². The number of carbonyl (C=O) groups is 2. The van der Waals surface area contributed by atoms with Gasteiger partial charge in [0.05, 0.1) is 5.56 Å². The van der Waals surface area contributed by atoms with E-state index in [9.17, 15) is 14.7 Å². The van der Waals surface area contributed by atoms with Gasteiger partial charge in [0.1, 0.15) is 5.75 Å². The molecule has 1 atom stereocenters. The molecule has 0 radical (unpaired) electrons. The largest absolute Gasteiger partial charge is 0.508 e. The van der Waals surface area contributed by atoms with Gasteiger partial charge in [-0.1, -0.05) is 45.7 Å². The summed E-state index contributed by atoms with van der Waals surface area (Å²) in [6, 6.07) is 18.2. The normalized spacial score (nSPS) is 15.4. The molecule has 146 valence electrons. The number of hydrogen-bond acceptors (Lipinski definition) is 4. The van der Waals surface area contributed by atoms with Crippen LogP contribution in [0, 0.1) is 0 Å². The first-order valence-corrected chi connectivity index (χ1v) is 9.85. The lowest BCUT2D eigenvalue weighted by Crippen LogP contribution is -2.52. The van der Waals surface area contributed by atoms with E-state index in [0.29, 0.717) is 27.4 Å².